The molecule has 2 nitrogen and oxygen atoms in total. The molecule has 0 amide bonds. The first-order chi connectivity index (χ1) is 17.0. The van der Waals surface area contributed by atoms with Gasteiger partial charge in [-0.1, -0.05) is 48.5 Å². The highest BCUT2D eigenvalue weighted by Gasteiger charge is 2.24. The fraction of sp³-hybridized carbons (Fsp3) is 0.125. The van der Waals surface area contributed by atoms with Gasteiger partial charge in [0.25, 0.3) is 0 Å². The van der Waals surface area contributed by atoms with Crippen molar-refractivity contribution in [1.82, 2.24) is 9.13 Å². The second kappa shape index (κ2) is 7.34. The van der Waals surface area contributed by atoms with Gasteiger partial charge in [-0.3, -0.25) is 0 Å². The second-order valence-electron chi connectivity index (χ2n) is 9.85. The number of fused-ring (bicyclic) bond motifs is 7. The van der Waals surface area contributed by atoms with E-state index in [0.717, 1.165) is 0 Å². The van der Waals surface area contributed by atoms with E-state index in [-0.39, 0.29) is 0 Å². The SMILES string of the molecule is Cc1cc(C)cc(-n2c3ccccc3c3sc4c5ccccc5n(-c5cc(C)cc(C)c5)c4c32)c1. The first-order valence-corrected chi connectivity index (χ1v) is 12.9. The number of nitrogens with zero attached hydrogens (tertiary/aromatic N) is 2. The van der Waals surface area contributed by atoms with Gasteiger partial charge in [0.2, 0.25) is 0 Å². The molecule has 0 bridgehead atoms. The lowest BCUT2D eigenvalue weighted by Gasteiger charge is -2.13. The van der Waals surface area contributed by atoms with Crippen molar-refractivity contribution in [3.05, 3.63) is 107 Å². The summed E-state index contributed by atoms with van der Waals surface area (Å²) in [6, 6.07) is 31.4. The van der Waals surface area contributed by atoms with Crippen molar-refractivity contribution in [2.45, 2.75) is 27.7 Å². The minimum absolute atomic E-state index is 1.23. The Hall–Kier alpha value is -3.82. The summed E-state index contributed by atoms with van der Waals surface area (Å²) in [5.41, 5.74) is 12.7. The fourth-order valence-corrected chi connectivity index (χ4v) is 7.19. The Morgan fingerprint density at radius 2 is 0.857 bits per heavy atom. The van der Waals surface area contributed by atoms with Crippen LogP contribution in [0.4, 0.5) is 0 Å². The van der Waals surface area contributed by atoms with Gasteiger partial charge in [-0.05, 0) is 86.3 Å². The van der Waals surface area contributed by atoms with Gasteiger partial charge in [0.15, 0.2) is 0 Å². The van der Waals surface area contributed by atoms with Gasteiger partial charge in [-0.15, -0.1) is 11.3 Å². The molecule has 3 heterocycles. The van der Waals surface area contributed by atoms with Crippen molar-refractivity contribution in [3.8, 4) is 11.4 Å². The van der Waals surface area contributed by atoms with Crippen LogP contribution in [0.1, 0.15) is 22.3 Å². The molecule has 3 aromatic heterocycles. The van der Waals surface area contributed by atoms with Crippen LogP contribution in [0.5, 0.6) is 0 Å². The summed E-state index contributed by atoms with van der Waals surface area (Å²) < 4.78 is 7.69. The quantitative estimate of drug-likeness (QED) is 0.238. The Balaban J connectivity index is 1.75. The Morgan fingerprint density at radius 1 is 0.486 bits per heavy atom. The minimum Gasteiger partial charge on any atom is -0.306 e. The summed E-state index contributed by atoms with van der Waals surface area (Å²) in [5, 5.41) is 2.64. The number of hydrogen-bond acceptors (Lipinski definition) is 1. The summed E-state index contributed by atoms with van der Waals surface area (Å²) >= 11 is 1.93. The van der Waals surface area contributed by atoms with E-state index in [1.165, 1.54) is 75.9 Å². The van der Waals surface area contributed by atoms with Crippen LogP contribution < -0.4 is 0 Å². The van der Waals surface area contributed by atoms with Crippen LogP contribution in [0.3, 0.4) is 0 Å². The van der Waals surface area contributed by atoms with E-state index in [9.17, 15) is 0 Å². The standard InChI is InChI=1S/C32H26N2S/c1-19-13-20(2)16-23(15-19)33-27-11-7-5-9-25(27)31-29(33)30-32(35-31)26-10-6-8-12-28(26)34(30)24-17-21(3)14-22(4)18-24/h5-18H,1-4H3. The van der Waals surface area contributed by atoms with Crippen LogP contribution in [0.15, 0.2) is 84.9 Å². The predicted octanol–water partition coefficient (Wildman–Crippen LogP) is 9.18. The molecule has 0 atom stereocenters. The average molecular weight is 471 g/mol. The van der Waals surface area contributed by atoms with Crippen molar-refractivity contribution in [1.29, 1.82) is 0 Å². The third-order valence-electron chi connectivity index (χ3n) is 7.01. The molecule has 3 heteroatoms. The normalized spacial score (nSPS) is 12.0. The molecule has 7 aromatic rings. The van der Waals surface area contributed by atoms with E-state index in [0.29, 0.717) is 0 Å². The van der Waals surface area contributed by atoms with Crippen molar-refractivity contribution < 1.29 is 0 Å². The van der Waals surface area contributed by atoms with E-state index in [4.69, 9.17) is 0 Å². The number of aromatic nitrogens is 2. The summed E-state index contributed by atoms with van der Waals surface area (Å²) in [7, 11) is 0. The Morgan fingerprint density at radius 3 is 1.26 bits per heavy atom. The molecule has 0 aliphatic heterocycles. The lowest BCUT2D eigenvalue weighted by Crippen LogP contribution is -1.99. The summed E-state index contributed by atoms with van der Waals surface area (Å²) in [5.74, 6) is 0. The van der Waals surface area contributed by atoms with Gasteiger partial charge in [-0.2, -0.15) is 0 Å². The molecule has 4 aromatic carbocycles. The van der Waals surface area contributed by atoms with Gasteiger partial charge in [0.05, 0.1) is 31.5 Å². The molecule has 0 aliphatic carbocycles. The minimum atomic E-state index is 1.23. The van der Waals surface area contributed by atoms with E-state index in [1.54, 1.807) is 0 Å². The van der Waals surface area contributed by atoms with Crippen LogP contribution in [-0.2, 0) is 0 Å². The first-order valence-electron chi connectivity index (χ1n) is 12.1. The van der Waals surface area contributed by atoms with Crippen molar-refractivity contribution in [3.63, 3.8) is 0 Å². The van der Waals surface area contributed by atoms with Gasteiger partial charge in [-0.25, -0.2) is 0 Å². The fourth-order valence-electron chi connectivity index (χ4n) is 5.85. The Labute approximate surface area is 208 Å². The van der Waals surface area contributed by atoms with Crippen molar-refractivity contribution >= 4 is 53.6 Å². The lowest BCUT2D eigenvalue weighted by molar-refractivity contribution is 1.13. The molecule has 0 radical (unpaired) electrons. The zero-order valence-corrected chi connectivity index (χ0v) is 21.2. The van der Waals surface area contributed by atoms with Crippen LogP contribution in [0, 0.1) is 27.7 Å². The van der Waals surface area contributed by atoms with Crippen LogP contribution in [0.25, 0.3) is 53.6 Å². The summed E-state index contributed by atoms with van der Waals surface area (Å²) in [4.78, 5) is 0. The molecule has 0 unspecified atom stereocenters. The number of benzene rings is 4. The molecule has 0 spiro atoms. The highest BCUT2D eigenvalue weighted by atomic mass is 32.1. The molecular weight excluding hydrogens is 444 g/mol. The lowest BCUT2D eigenvalue weighted by atomic mass is 10.1. The smallest absolute Gasteiger partial charge is 0.0899 e. The Bertz CT molecular complexity index is 1760. The summed E-state index contributed by atoms with van der Waals surface area (Å²) in [6.45, 7) is 8.76. The van der Waals surface area contributed by atoms with E-state index >= 15 is 0 Å². The molecule has 35 heavy (non-hydrogen) atoms. The number of thiophene rings is 1. The predicted molar refractivity (Wildman–Crippen MR) is 152 cm³/mol. The molecule has 0 saturated heterocycles. The number of hydrogen-bond donors (Lipinski definition) is 0. The van der Waals surface area contributed by atoms with Crippen LogP contribution in [0.2, 0.25) is 0 Å². The zero-order valence-electron chi connectivity index (χ0n) is 20.4. The first kappa shape index (κ1) is 20.5. The third kappa shape index (κ3) is 2.95. The van der Waals surface area contributed by atoms with Gasteiger partial charge in [0.1, 0.15) is 0 Å². The van der Waals surface area contributed by atoms with Crippen LogP contribution in [-0.4, -0.2) is 9.13 Å². The highest BCUT2D eigenvalue weighted by Crippen LogP contribution is 2.47. The van der Waals surface area contributed by atoms with E-state index in [2.05, 4.69) is 122 Å². The van der Waals surface area contributed by atoms with E-state index < -0.39 is 0 Å². The van der Waals surface area contributed by atoms with Gasteiger partial charge in [0, 0.05) is 22.1 Å². The van der Waals surface area contributed by atoms with Crippen molar-refractivity contribution in [2.75, 3.05) is 0 Å². The molecule has 0 fully saturated rings. The topological polar surface area (TPSA) is 9.86 Å². The monoisotopic (exact) mass is 470 g/mol. The maximum atomic E-state index is 2.49. The van der Waals surface area contributed by atoms with Crippen molar-refractivity contribution in [2.24, 2.45) is 0 Å². The van der Waals surface area contributed by atoms with Gasteiger partial charge < -0.3 is 9.13 Å². The Kier molecular flexibility index (Phi) is 4.31. The zero-order chi connectivity index (χ0) is 23.8. The molecule has 0 N–H and O–H groups in total. The maximum Gasteiger partial charge on any atom is 0.0899 e. The molecule has 170 valence electrons. The summed E-state index contributed by atoms with van der Waals surface area (Å²) in [6.07, 6.45) is 0. The second-order valence-corrected chi connectivity index (χ2v) is 10.9. The third-order valence-corrected chi connectivity index (χ3v) is 8.25. The molecule has 0 saturated carbocycles. The number of para-hydroxylation sites is 2. The number of rotatable bonds is 2. The molecule has 7 rings (SSSR count). The van der Waals surface area contributed by atoms with Crippen LogP contribution >= 0.6 is 11.3 Å². The maximum absolute atomic E-state index is 2.49. The number of aryl methyl sites for hydroxylation is 4. The van der Waals surface area contributed by atoms with E-state index in [1.807, 2.05) is 11.3 Å². The largest absolute Gasteiger partial charge is 0.306 e. The molecule has 0 aliphatic rings. The molecular formula is C32H26N2S. The highest BCUT2D eigenvalue weighted by molar-refractivity contribution is 7.27. The average Bonchev–Trinajstić information content (AvgIpc) is 3.44. The van der Waals surface area contributed by atoms with Gasteiger partial charge >= 0.3 is 0 Å².